The number of esters is 1. The van der Waals surface area contributed by atoms with E-state index in [4.69, 9.17) is 9.84 Å². The molecule has 0 amide bonds. The van der Waals surface area contributed by atoms with Crippen LogP contribution < -0.4 is 18.9 Å². The van der Waals surface area contributed by atoms with E-state index in [0.29, 0.717) is 39.0 Å². The molecule has 0 fully saturated rings. The first-order chi connectivity index (χ1) is 17.5. The first-order valence-corrected chi connectivity index (χ1v) is 11.7. The number of ether oxygens (including phenoxy) is 1. The van der Waals surface area contributed by atoms with E-state index in [1.54, 1.807) is 24.0 Å². The van der Waals surface area contributed by atoms with Gasteiger partial charge < -0.3 is 20.8 Å². The largest absolute Gasteiger partial charge is 1.00 e. The zero-order chi connectivity index (χ0) is 25.6. The standard InChI is InChI=1S/C14H17N3O2.C12H13N3O2.Li.2H2O/c1-2-19-14(18)9-8-13-10-15-16-17(13)11-12-6-4-3-5-7-12;16-12(17)7-6-11-8-13-14-15(11)9-10-4-2-1-3-5-10;;;/h3-7,10H,2,8-9,11H2,1H3;1-5,8H,6-7,9H2,(H,16,17);;2*1H2/q;;+1;;/p-1. The number of carboxylic acids is 1. The van der Waals surface area contributed by atoms with Gasteiger partial charge in [-0.15, -0.1) is 10.2 Å². The summed E-state index contributed by atoms with van der Waals surface area (Å²) in [4.78, 5) is 21.8. The Bertz CT molecular complexity index is 1220. The van der Waals surface area contributed by atoms with Gasteiger partial charge in [0.05, 0.1) is 56.3 Å². The Balaban J connectivity index is 0.000000691. The van der Waals surface area contributed by atoms with Crippen LogP contribution in [0.25, 0.3) is 0 Å². The Hall–Kier alpha value is -3.82. The molecule has 39 heavy (non-hydrogen) atoms. The van der Waals surface area contributed by atoms with Gasteiger partial charge in [0, 0.05) is 12.8 Å². The molecule has 2 aromatic carbocycles. The molecule has 0 bridgehead atoms. The quantitative estimate of drug-likeness (QED) is 0.190. The fraction of sp³-hybridized carbons (Fsp3) is 0.308. The number of benzene rings is 2. The molecule has 0 aliphatic heterocycles. The predicted octanol–water partition coefficient (Wildman–Crippen LogP) is -0.832. The molecule has 0 atom stereocenters. The number of hydrogen-bond donors (Lipinski definition) is 1. The second kappa shape index (κ2) is 19.3. The van der Waals surface area contributed by atoms with E-state index in [1.165, 1.54) is 0 Å². The van der Waals surface area contributed by atoms with Crippen LogP contribution in [0.5, 0.6) is 0 Å². The average molecular weight is 533 g/mol. The van der Waals surface area contributed by atoms with E-state index in [1.807, 2.05) is 65.3 Å². The molecular weight excluding hydrogens is 499 g/mol. The van der Waals surface area contributed by atoms with E-state index in [-0.39, 0.29) is 42.2 Å². The van der Waals surface area contributed by atoms with Crippen molar-refractivity contribution in [2.75, 3.05) is 6.61 Å². The molecule has 0 unspecified atom stereocenters. The number of rotatable bonds is 11. The number of hydrogen-bond acceptors (Lipinski definition) is 8. The van der Waals surface area contributed by atoms with Crippen LogP contribution in [-0.2, 0) is 40.3 Å². The molecule has 4 rings (SSSR count). The zero-order valence-corrected chi connectivity index (χ0v) is 22.2. The molecule has 0 radical (unpaired) electrons. The second-order valence-electron chi connectivity index (χ2n) is 7.94. The minimum absolute atomic E-state index is 0. The Morgan fingerprint density at radius 1 is 0.795 bits per heavy atom. The molecule has 0 saturated carbocycles. The van der Waals surface area contributed by atoms with Gasteiger partial charge in [-0.25, -0.2) is 9.36 Å². The molecule has 12 nitrogen and oxygen atoms in total. The fourth-order valence-corrected chi connectivity index (χ4v) is 3.42. The van der Waals surface area contributed by atoms with Gasteiger partial charge in [-0.1, -0.05) is 71.1 Å². The van der Waals surface area contributed by atoms with Crippen molar-refractivity contribution in [3.05, 3.63) is 95.6 Å². The average Bonchev–Trinajstić information content (AvgIpc) is 3.52. The van der Waals surface area contributed by atoms with Crippen LogP contribution in [0.1, 0.15) is 42.3 Å². The Kier molecular flexibility index (Phi) is 17.4. The van der Waals surface area contributed by atoms with Gasteiger partial charge in [0.25, 0.3) is 0 Å². The molecule has 4 N–H and O–H groups in total. The van der Waals surface area contributed by atoms with E-state index in [9.17, 15) is 9.59 Å². The smallest absolute Gasteiger partial charge is 0.870 e. The third-order valence-corrected chi connectivity index (χ3v) is 5.23. The SMILES string of the molecule is CCOC(=O)CCc1cnnn1Cc1ccccc1.O.O=C(O)CCc1cnnn1Cc1ccccc1.[Li+].[OH-]. The number of carboxylic acid groups (broad SMARTS) is 1. The van der Waals surface area contributed by atoms with Crippen LogP contribution >= 0.6 is 0 Å². The van der Waals surface area contributed by atoms with E-state index >= 15 is 0 Å². The Morgan fingerprint density at radius 3 is 1.64 bits per heavy atom. The normalized spacial score (nSPS) is 9.56. The first-order valence-electron chi connectivity index (χ1n) is 11.7. The summed E-state index contributed by atoms with van der Waals surface area (Å²) >= 11 is 0. The molecule has 4 aromatic rings. The van der Waals surface area contributed by atoms with Gasteiger partial charge in [-0.3, -0.25) is 9.59 Å². The van der Waals surface area contributed by atoms with Gasteiger partial charge in [0.1, 0.15) is 0 Å². The predicted molar refractivity (Wildman–Crippen MR) is 138 cm³/mol. The molecule has 0 aliphatic carbocycles. The summed E-state index contributed by atoms with van der Waals surface area (Å²) < 4.78 is 8.46. The maximum absolute atomic E-state index is 11.3. The van der Waals surface area contributed by atoms with Crippen LogP contribution in [0.2, 0.25) is 0 Å². The summed E-state index contributed by atoms with van der Waals surface area (Å²) in [5.74, 6) is -0.993. The van der Waals surface area contributed by atoms with Crippen LogP contribution in [-0.4, -0.2) is 64.6 Å². The molecule has 0 saturated heterocycles. The third kappa shape index (κ3) is 12.5. The monoisotopic (exact) mass is 532 g/mol. The maximum Gasteiger partial charge on any atom is 1.00 e. The Labute approximate surface area is 238 Å². The van der Waals surface area contributed by atoms with Crippen LogP contribution in [0.15, 0.2) is 73.1 Å². The molecule has 2 heterocycles. The van der Waals surface area contributed by atoms with Crippen LogP contribution in [0.4, 0.5) is 0 Å². The summed E-state index contributed by atoms with van der Waals surface area (Å²) in [6.07, 6.45) is 4.82. The van der Waals surface area contributed by atoms with Crippen molar-refractivity contribution in [3.63, 3.8) is 0 Å². The van der Waals surface area contributed by atoms with Gasteiger partial charge in [0.15, 0.2) is 0 Å². The van der Waals surface area contributed by atoms with Gasteiger partial charge >= 0.3 is 30.8 Å². The summed E-state index contributed by atoms with van der Waals surface area (Å²) in [7, 11) is 0. The first kappa shape index (κ1) is 35.2. The maximum atomic E-state index is 11.3. The molecular formula is C26H33LiN6O6. The molecule has 204 valence electrons. The van der Waals surface area contributed by atoms with Crippen molar-refractivity contribution >= 4 is 11.9 Å². The van der Waals surface area contributed by atoms with Crippen molar-refractivity contribution in [2.45, 2.75) is 45.7 Å². The van der Waals surface area contributed by atoms with Crippen LogP contribution in [0.3, 0.4) is 0 Å². The van der Waals surface area contributed by atoms with E-state index in [0.717, 1.165) is 22.5 Å². The van der Waals surface area contributed by atoms with Crippen molar-refractivity contribution < 1.29 is 49.2 Å². The van der Waals surface area contributed by atoms with Gasteiger partial charge in [-0.2, -0.15) is 0 Å². The number of carbonyl (C=O) groups excluding carboxylic acids is 1. The fourth-order valence-electron chi connectivity index (χ4n) is 3.42. The third-order valence-electron chi connectivity index (χ3n) is 5.23. The zero-order valence-electron chi connectivity index (χ0n) is 22.2. The van der Waals surface area contributed by atoms with E-state index < -0.39 is 5.97 Å². The summed E-state index contributed by atoms with van der Waals surface area (Å²) in [6.45, 7) is 3.51. The van der Waals surface area contributed by atoms with Crippen molar-refractivity contribution in [3.8, 4) is 0 Å². The molecule has 0 spiro atoms. The molecule has 0 aliphatic rings. The molecule has 13 heteroatoms. The number of nitrogens with zero attached hydrogens (tertiary/aromatic N) is 6. The van der Waals surface area contributed by atoms with Crippen molar-refractivity contribution in [1.82, 2.24) is 30.0 Å². The summed E-state index contributed by atoms with van der Waals surface area (Å²) in [6, 6.07) is 19.9. The number of aliphatic carboxylic acids is 1. The van der Waals surface area contributed by atoms with Crippen molar-refractivity contribution in [1.29, 1.82) is 0 Å². The second-order valence-corrected chi connectivity index (χ2v) is 7.94. The van der Waals surface area contributed by atoms with Crippen molar-refractivity contribution in [2.24, 2.45) is 0 Å². The van der Waals surface area contributed by atoms with Gasteiger partial charge in [0.2, 0.25) is 0 Å². The van der Waals surface area contributed by atoms with Gasteiger partial charge in [-0.05, 0) is 18.1 Å². The molecule has 2 aromatic heterocycles. The van der Waals surface area contributed by atoms with Crippen LogP contribution in [0, 0.1) is 0 Å². The number of aromatic nitrogens is 6. The minimum atomic E-state index is -0.808. The number of aryl methyl sites for hydroxylation is 2. The summed E-state index contributed by atoms with van der Waals surface area (Å²) in [5.41, 5.74) is 4.06. The number of carbonyl (C=O) groups is 2. The van der Waals surface area contributed by atoms with E-state index in [2.05, 4.69) is 20.6 Å². The summed E-state index contributed by atoms with van der Waals surface area (Å²) in [5, 5.41) is 24.4. The topological polar surface area (TPSA) is 187 Å². The minimum Gasteiger partial charge on any atom is -0.870 e. The Morgan fingerprint density at radius 2 is 1.23 bits per heavy atom.